The van der Waals surface area contributed by atoms with Gasteiger partial charge in [-0.05, 0) is 20.8 Å². The van der Waals surface area contributed by atoms with Gasteiger partial charge in [0.05, 0.1) is 5.41 Å². The van der Waals surface area contributed by atoms with Gasteiger partial charge in [0.25, 0.3) is 0 Å². The second kappa shape index (κ2) is 5.61. The Morgan fingerprint density at radius 1 is 1.25 bits per heavy atom. The molecule has 1 aliphatic rings. The normalized spacial score (nSPS) is 19.8. The van der Waals surface area contributed by atoms with Gasteiger partial charge in [0.15, 0.2) is 0 Å². The molecule has 0 bridgehead atoms. The Morgan fingerprint density at radius 3 is 2.25 bits per heavy atom. The lowest BCUT2D eigenvalue weighted by molar-refractivity contribution is -0.206. The van der Waals surface area contributed by atoms with E-state index in [1.165, 1.54) is 0 Å². The Kier molecular flexibility index (Phi) is 4.70. The molecule has 0 aromatic heterocycles. The van der Waals surface area contributed by atoms with Crippen LogP contribution in [-0.2, 0) is 9.63 Å². The molecular formula is C11H23N3O2. The lowest BCUT2D eigenvalue weighted by Gasteiger charge is -2.34. The molecule has 94 valence electrons. The highest BCUT2D eigenvalue weighted by Crippen LogP contribution is 2.16. The zero-order valence-electron chi connectivity index (χ0n) is 10.5. The summed E-state index contributed by atoms with van der Waals surface area (Å²) in [5.41, 5.74) is 5.06. The predicted octanol–water partition coefficient (Wildman–Crippen LogP) is 0.0670. The van der Waals surface area contributed by atoms with Crippen LogP contribution in [0.3, 0.4) is 0 Å². The number of rotatable bonds is 3. The van der Waals surface area contributed by atoms with Crippen LogP contribution < -0.4 is 5.73 Å². The first-order valence-corrected chi connectivity index (χ1v) is 5.83. The van der Waals surface area contributed by atoms with Gasteiger partial charge in [0.1, 0.15) is 0 Å². The number of nitrogens with zero attached hydrogens (tertiary/aromatic N) is 2. The molecule has 0 saturated carbocycles. The Labute approximate surface area is 97.5 Å². The van der Waals surface area contributed by atoms with Crippen LogP contribution in [0.2, 0.25) is 0 Å². The van der Waals surface area contributed by atoms with Crippen molar-refractivity contribution in [3.63, 3.8) is 0 Å². The first-order valence-electron chi connectivity index (χ1n) is 5.83. The molecule has 0 spiro atoms. The minimum atomic E-state index is -0.436. The summed E-state index contributed by atoms with van der Waals surface area (Å²) < 4.78 is 0. The Hall–Kier alpha value is -0.650. The highest BCUT2D eigenvalue weighted by atomic mass is 16.7. The van der Waals surface area contributed by atoms with Gasteiger partial charge in [-0.25, -0.2) is 4.79 Å². The van der Waals surface area contributed by atoms with Crippen molar-refractivity contribution in [2.75, 3.05) is 39.3 Å². The molecule has 5 nitrogen and oxygen atoms in total. The van der Waals surface area contributed by atoms with E-state index in [0.717, 1.165) is 32.7 Å². The number of carbonyl (C=O) groups excluding carboxylic acids is 1. The first-order chi connectivity index (χ1) is 7.43. The van der Waals surface area contributed by atoms with E-state index in [4.69, 9.17) is 10.6 Å². The number of carbonyl (C=O) groups is 1. The minimum absolute atomic E-state index is 0.167. The Morgan fingerprint density at radius 2 is 1.81 bits per heavy atom. The first kappa shape index (κ1) is 13.4. The van der Waals surface area contributed by atoms with Crippen molar-refractivity contribution in [2.24, 2.45) is 11.1 Å². The highest BCUT2D eigenvalue weighted by molar-refractivity contribution is 5.75. The molecular weight excluding hydrogens is 206 g/mol. The van der Waals surface area contributed by atoms with Crippen molar-refractivity contribution in [3.05, 3.63) is 0 Å². The third kappa shape index (κ3) is 4.08. The van der Waals surface area contributed by atoms with Crippen molar-refractivity contribution in [1.82, 2.24) is 9.96 Å². The minimum Gasteiger partial charge on any atom is -0.367 e. The van der Waals surface area contributed by atoms with Gasteiger partial charge in [0, 0.05) is 39.3 Å². The molecule has 1 fully saturated rings. The standard InChI is InChI=1S/C11H23N3O2/c1-11(2,3)10(15)16-14-8-6-13(5-4-12)7-9-14/h4-9,12H2,1-3H3. The maximum absolute atomic E-state index is 11.6. The Balaban J connectivity index is 2.30. The molecule has 0 aromatic rings. The fraction of sp³-hybridized carbons (Fsp3) is 0.909. The fourth-order valence-corrected chi connectivity index (χ4v) is 1.48. The molecule has 0 aliphatic carbocycles. The summed E-state index contributed by atoms with van der Waals surface area (Å²) in [6, 6.07) is 0. The summed E-state index contributed by atoms with van der Waals surface area (Å²) in [7, 11) is 0. The van der Waals surface area contributed by atoms with Crippen LogP contribution in [0.15, 0.2) is 0 Å². The summed E-state index contributed by atoms with van der Waals surface area (Å²) in [6.07, 6.45) is 0. The maximum Gasteiger partial charge on any atom is 0.330 e. The molecule has 1 rings (SSSR count). The average molecular weight is 229 g/mol. The molecule has 2 N–H and O–H groups in total. The summed E-state index contributed by atoms with van der Waals surface area (Å²) >= 11 is 0. The van der Waals surface area contributed by atoms with Crippen LogP contribution in [0.4, 0.5) is 0 Å². The van der Waals surface area contributed by atoms with E-state index in [0.29, 0.717) is 6.54 Å². The number of hydrogen-bond donors (Lipinski definition) is 1. The van der Waals surface area contributed by atoms with Crippen molar-refractivity contribution in [2.45, 2.75) is 20.8 Å². The zero-order valence-corrected chi connectivity index (χ0v) is 10.5. The molecule has 0 atom stereocenters. The molecule has 1 aliphatic heterocycles. The molecule has 0 amide bonds. The molecule has 1 saturated heterocycles. The van der Waals surface area contributed by atoms with E-state index in [2.05, 4.69) is 4.90 Å². The van der Waals surface area contributed by atoms with Crippen molar-refractivity contribution in [1.29, 1.82) is 0 Å². The van der Waals surface area contributed by atoms with Crippen molar-refractivity contribution >= 4 is 5.97 Å². The molecule has 1 heterocycles. The van der Waals surface area contributed by atoms with Gasteiger partial charge >= 0.3 is 5.97 Å². The third-order valence-corrected chi connectivity index (χ3v) is 2.60. The topological polar surface area (TPSA) is 58.8 Å². The van der Waals surface area contributed by atoms with Crippen LogP contribution in [0, 0.1) is 5.41 Å². The SMILES string of the molecule is CC(C)(C)C(=O)ON1CCN(CCN)CC1. The van der Waals surface area contributed by atoms with Crippen LogP contribution >= 0.6 is 0 Å². The monoisotopic (exact) mass is 229 g/mol. The van der Waals surface area contributed by atoms with E-state index in [1.54, 1.807) is 5.06 Å². The largest absolute Gasteiger partial charge is 0.367 e. The van der Waals surface area contributed by atoms with E-state index >= 15 is 0 Å². The van der Waals surface area contributed by atoms with Crippen molar-refractivity contribution in [3.8, 4) is 0 Å². The van der Waals surface area contributed by atoms with E-state index < -0.39 is 5.41 Å². The summed E-state index contributed by atoms with van der Waals surface area (Å²) in [5.74, 6) is -0.167. The van der Waals surface area contributed by atoms with Crippen LogP contribution in [-0.4, -0.2) is 55.2 Å². The summed E-state index contributed by atoms with van der Waals surface area (Å²) in [6.45, 7) is 10.5. The van der Waals surface area contributed by atoms with Gasteiger partial charge in [-0.15, -0.1) is 5.06 Å². The van der Waals surface area contributed by atoms with Gasteiger partial charge in [-0.2, -0.15) is 0 Å². The van der Waals surface area contributed by atoms with Gasteiger partial charge in [0.2, 0.25) is 0 Å². The van der Waals surface area contributed by atoms with Crippen LogP contribution in [0.25, 0.3) is 0 Å². The highest BCUT2D eigenvalue weighted by Gasteiger charge is 2.27. The third-order valence-electron chi connectivity index (χ3n) is 2.60. The maximum atomic E-state index is 11.6. The fourth-order valence-electron chi connectivity index (χ4n) is 1.48. The van der Waals surface area contributed by atoms with E-state index in [1.807, 2.05) is 20.8 Å². The second-order valence-electron chi connectivity index (χ2n) is 5.19. The van der Waals surface area contributed by atoms with Gasteiger partial charge in [-0.3, -0.25) is 4.90 Å². The summed E-state index contributed by atoms with van der Waals surface area (Å²) in [4.78, 5) is 19.2. The smallest absolute Gasteiger partial charge is 0.330 e. The van der Waals surface area contributed by atoms with E-state index in [9.17, 15) is 4.79 Å². The molecule has 0 unspecified atom stereocenters. The number of nitrogens with two attached hydrogens (primary N) is 1. The van der Waals surface area contributed by atoms with Crippen molar-refractivity contribution < 1.29 is 9.63 Å². The summed E-state index contributed by atoms with van der Waals surface area (Å²) in [5, 5.41) is 1.75. The number of piperazine rings is 1. The average Bonchev–Trinajstić information content (AvgIpc) is 2.20. The number of hydroxylamine groups is 2. The quantitative estimate of drug-likeness (QED) is 0.742. The lowest BCUT2D eigenvalue weighted by Crippen LogP contribution is -2.49. The zero-order chi connectivity index (χ0) is 12.2. The molecule has 0 radical (unpaired) electrons. The molecule has 0 aromatic carbocycles. The molecule has 16 heavy (non-hydrogen) atoms. The van der Waals surface area contributed by atoms with Gasteiger partial charge in [-0.1, -0.05) is 0 Å². The van der Waals surface area contributed by atoms with E-state index in [-0.39, 0.29) is 5.97 Å². The van der Waals surface area contributed by atoms with Crippen LogP contribution in [0.5, 0.6) is 0 Å². The second-order valence-corrected chi connectivity index (χ2v) is 5.19. The van der Waals surface area contributed by atoms with Crippen LogP contribution in [0.1, 0.15) is 20.8 Å². The predicted molar refractivity (Wildman–Crippen MR) is 62.6 cm³/mol. The lowest BCUT2D eigenvalue weighted by atomic mass is 9.98. The Bertz CT molecular complexity index is 230. The number of hydrogen-bond acceptors (Lipinski definition) is 5. The van der Waals surface area contributed by atoms with Gasteiger partial charge < -0.3 is 10.6 Å². The molecule has 5 heteroatoms.